The predicted octanol–water partition coefficient (Wildman–Crippen LogP) is 0.893. The zero-order chi connectivity index (χ0) is 9.40. The Balaban J connectivity index is 3.11. The van der Waals surface area contributed by atoms with Crippen molar-refractivity contribution in [2.24, 2.45) is 0 Å². The van der Waals surface area contributed by atoms with Crippen LogP contribution >= 0.6 is 0 Å². The number of esters is 2. The summed E-state index contributed by atoms with van der Waals surface area (Å²) in [6.07, 6.45) is 0.943. The van der Waals surface area contributed by atoms with Crippen LogP contribution in [-0.4, -0.2) is 25.2 Å². The minimum Gasteiger partial charge on any atom is -0.466 e. The van der Waals surface area contributed by atoms with Gasteiger partial charge in [-0.3, -0.25) is 9.59 Å². The smallest absolute Gasteiger partial charge is 0.305 e. The first-order valence-electron chi connectivity index (χ1n) is 3.95. The molecule has 4 heteroatoms. The van der Waals surface area contributed by atoms with E-state index < -0.39 is 0 Å². The number of carbonyl (C=O) groups excluding carboxylic acids is 2. The van der Waals surface area contributed by atoms with E-state index in [9.17, 15) is 9.59 Å². The van der Waals surface area contributed by atoms with E-state index in [4.69, 9.17) is 4.74 Å². The molecule has 0 rings (SSSR count). The van der Waals surface area contributed by atoms with E-state index >= 15 is 0 Å². The highest BCUT2D eigenvalue weighted by Gasteiger charge is 1.97. The van der Waals surface area contributed by atoms with Crippen molar-refractivity contribution >= 4 is 11.9 Å². The van der Waals surface area contributed by atoms with Gasteiger partial charge in [-0.1, -0.05) is 6.92 Å². The molecule has 0 heterocycles. The van der Waals surface area contributed by atoms with Gasteiger partial charge in [-0.2, -0.15) is 0 Å². The van der Waals surface area contributed by atoms with Crippen molar-refractivity contribution < 1.29 is 19.1 Å². The predicted molar refractivity (Wildman–Crippen MR) is 42.5 cm³/mol. The molecule has 0 fully saturated rings. The van der Waals surface area contributed by atoms with Crippen molar-refractivity contribution in [2.75, 3.05) is 13.2 Å². The number of rotatable bonds is 5. The summed E-state index contributed by atoms with van der Waals surface area (Å²) in [5.41, 5.74) is 0. The van der Waals surface area contributed by atoms with Gasteiger partial charge in [0.25, 0.3) is 0 Å². The van der Waals surface area contributed by atoms with Crippen LogP contribution in [0.4, 0.5) is 0 Å². The summed E-state index contributed by atoms with van der Waals surface area (Å²) in [5.74, 6) is -0.533. The molecule has 0 amide bonds. The average Bonchev–Trinajstić information content (AvgIpc) is 2.03. The second-order valence-corrected chi connectivity index (χ2v) is 2.27. The molecule has 70 valence electrons. The average molecular weight is 174 g/mol. The summed E-state index contributed by atoms with van der Waals surface area (Å²) in [4.78, 5) is 20.8. The Morgan fingerprint density at radius 2 is 1.75 bits per heavy atom. The van der Waals surface area contributed by atoms with Crippen molar-refractivity contribution in [1.82, 2.24) is 0 Å². The normalized spacial score (nSPS) is 9.17. The summed E-state index contributed by atoms with van der Waals surface area (Å²) in [6.45, 7) is 3.71. The van der Waals surface area contributed by atoms with Crippen LogP contribution in [0.5, 0.6) is 0 Å². The summed E-state index contributed by atoms with van der Waals surface area (Å²) >= 11 is 0. The molecule has 4 nitrogen and oxygen atoms in total. The Labute approximate surface area is 71.8 Å². The highest BCUT2D eigenvalue weighted by Crippen LogP contribution is 1.89. The molecule has 0 aromatic heterocycles. The molecule has 0 saturated heterocycles. The first kappa shape index (κ1) is 10.9. The van der Waals surface area contributed by atoms with Gasteiger partial charge in [0.05, 0.1) is 13.2 Å². The molecule has 12 heavy (non-hydrogen) atoms. The van der Waals surface area contributed by atoms with Crippen LogP contribution in [0.15, 0.2) is 0 Å². The number of hydrogen-bond donors (Lipinski definition) is 0. The van der Waals surface area contributed by atoms with Crippen molar-refractivity contribution in [3.63, 3.8) is 0 Å². The maximum absolute atomic E-state index is 10.6. The fourth-order valence-electron chi connectivity index (χ4n) is 0.563. The summed E-state index contributed by atoms with van der Waals surface area (Å²) in [5, 5.41) is 0. The molecule has 0 aromatic carbocycles. The molecule has 0 saturated carbocycles. The van der Waals surface area contributed by atoms with Gasteiger partial charge in [0.1, 0.15) is 0 Å². The highest BCUT2D eigenvalue weighted by atomic mass is 16.5. The van der Waals surface area contributed by atoms with Crippen molar-refractivity contribution in [3.8, 4) is 0 Å². The van der Waals surface area contributed by atoms with E-state index in [0.29, 0.717) is 26.1 Å². The second-order valence-electron chi connectivity index (χ2n) is 2.27. The zero-order valence-electron chi connectivity index (χ0n) is 7.46. The first-order valence-corrected chi connectivity index (χ1v) is 3.95. The number of ether oxygens (including phenoxy) is 2. The third-order valence-electron chi connectivity index (χ3n) is 1.15. The van der Waals surface area contributed by atoms with Crippen LogP contribution in [0, 0.1) is 0 Å². The van der Waals surface area contributed by atoms with E-state index in [2.05, 4.69) is 4.74 Å². The molecule has 0 radical (unpaired) electrons. The van der Waals surface area contributed by atoms with Crippen molar-refractivity contribution in [2.45, 2.75) is 26.7 Å². The molecular formula is C8H14O4. The maximum Gasteiger partial charge on any atom is 0.305 e. The number of carbonyl (C=O) groups is 2. The minimum atomic E-state index is -0.309. The van der Waals surface area contributed by atoms with Gasteiger partial charge < -0.3 is 9.47 Å². The van der Waals surface area contributed by atoms with Gasteiger partial charge in [0.15, 0.2) is 0 Å². The van der Waals surface area contributed by atoms with Crippen molar-refractivity contribution in [3.05, 3.63) is 0 Å². The quantitative estimate of drug-likeness (QED) is 0.459. The lowest BCUT2D eigenvalue weighted by Crippen LogP contribution is -2.08. The zero-order valence-corrected chi connectivity index (χ0v) is 7.46. The van der Waals surface area contributed by atoms with Crippen LogP contribution < -0.4 is 0 Å². The molecule has 0 aliphatic carbocycles. The monoisotopic (exact) mass is 174 g/mol. The molecule has 0 spiro atoms. The van der Waals surface area contributed by atoms with Crippen molar-refractivity contribution in [1.29, 1.82) is 0 Å². The van der Waals surface area contributed by atoms with Gasteiger partial charge in [-0.15, -0.1) is 0 Å². The number of hydrogen-bond acceptors (Lipinski definition) is 4. The fraction of sp³-hybridized carbons (Fsp3) is 0.750. The Kier molecular flexibility index (Phi) is 6.05. The molecule has 0 atom stereocenters. The van der Waals surface area contributed by atoms with Gasteiger partial charge in [-0.05, 0) is 0 Å². The van der Waals surface area contributed by atoms with Gasteiger partial charge in [-0.25, -0.2) is 0 Å². The van der Waals surface area contributed by atoms with Crippen LogP contribution in [-0.2, 0) is 19.1 Å². The van der Waals surface area contributed by atoms with E-state index in [1.54, 1.807) is 6.92 Å². The summed E-state index contributed by atoms with van der Waals surface area (Å²) < 4.78 is 9.37. The third kappa shape index (κ3) is 7.05. The Bertz CT molecular complexity index is 153. The summed E-state index contributed by atoms with van der Waals surface area (Å²) in [7, 11) is 0. The molecule has 0 aromatic rings. The largest absolute Gasteiger partial charge is 0.466 e. The topological polar surface area (TPSA) is 52.6 Å². The van der Waals surface area contributed by atoms with E-state index in [0.717, 1.165) is 0 Å². The second kappa shape index (κ2) is 6.64. The van der Waals surface area contributed by atoms with E-state index in [1.165, 1.54) is 6.92 Å². The molecule has 0 N–H and O–H groups in total. The van der Waals surface area contributed by atoms with Gasteiger partial charge in [0, 0.05) is 19.8 Å². The van der Waals surface area contributed by atoms with Crippen LogP contribution in [0.3, 0.4) is 0 Å². The Hall–Kier alpha value is -1.06. The first-order chi connectivity index (χ1) is 5.66. The maximum atomic E-state index is 10.6. The van der Waals surface area contributed by atoms with E-state index in [-0.39, 0.29) is 11.9 Å². The van der Waals surface area contributed by atoms with Crippen LogP contribution in [0.25, 0.3) is 0 Å². The highest BCUT2D eigenvalue weighted by molar-refractivity contribution is 5.68. The molecule has 0 aliphatic heterocycles. The van der Waals surface area contributed by atoms with Crippen LogP contribution in [0.2, 0.25) is 0 Å². The fourth-order valence-corrected chi connectivity index (χ4v) is 0.563. The Morgan fingerprint density at radius 1 is 1.17 bits per heavy atom. The lowest BCUT2D eigenvalue weighted by molar-refractivity contribution is -0.144. The Morgan fingerprint density at radius 3 is 2.25 bits per heavy atom. The van der Waals surface area contributed by atoms with Gasteiger partial charge >= 0.3 is 11.9 Å². The van der Waals surface area contributed by atoms with E-state index in [1.807, 2.05) is 0 Å². The standard InChI is InChI=1S/C8H14O4/c1-3-8(10)12-6-4-5-11-7(2)9/h3-6H2,1-2H3. The molecular weight excluding hydrogens is 160 g/mol. The molecule has 0 aliphatic rings. The van der Waals surface area contributed by atoms with Gasteiger partial charge in [0.2, 0.25) is 0 Å². The third-order valence-corrected chi connectivity index (χ3v) is 1.15. The SMILES string of the molecule is CCC(=O)OCCCOC(C)=O. The minimum absolute atomic E-state index is 0.224. The van der Waals surface area contributed by atoms with Crippen LogP contribution in [0.1, 0.15) is 26.7 Å². The summed E-state index contributed by atoms with van der Waals surface area (Å²) in [6, 6.07) is 0. The molecule has 0 bridgehead atoms. The molecule has 0 unspecified atom stereocenters. The lowest BCUT2D eigenvalue weighted by Gasteiger charge is -2.02. The lowest BCUT2D eigenvalue weighted by atomic mass is 10.4.